The van der Waals surface area contributed by atoms with Gasteiger partial charge in [0.25, 0.3) is 17.7 Å². The molecule has 2 heterocycles. The molecule has 30 heavy (non-hydrogen) atoms. The highest BCUT2D eigenvalue weighted by molar-refractivity contribution is 6.22. The number of fused-ring (bicyclic) bond motifs is 1. The van der Waals surface area contributed by atoms with Crippen LogP contribution < -0.4 is 5.32 Å². The first-order chi connectivity index (χ1) is 14.6. The number of imide groups is 1. The number of carbonyl (C=O) groups excluding carboxylic acids is 3. The summed E-state index contributed by atoms with van der Waals surface area (Å²) in [6.45, 7) is 2.93. The van der Waals surface area contributed by atoms with Gasteiger partial charge in [0.15, 0.2) is 0 Å². The number of carbonyl (C=O) groups is 3. The molecule has 3 amide bonds. The Morgan fingerprint density at radius 3 is 2.67 bits per heavy atom. The minimum Gasteiger partial charge on any atom is -0.322 e. The molecule has 1 aliphatic heterocycles. The van der Waals surface area contributed by atoms with Crippen LogP contribution in [0.25, 0.3) is 0 Å². The van der Waals surface area contributed by atoms with Gasteiger partial charge in [0.05, 0.1) is 17.7 Å². The van der Waals surface area contributed by atoms with Gasteiger partial charge in [-0.15, -0.1) is 0 Å². The molecule has 0 spiro atoms. The van der Waals surface area contributed by atoms with Gasteiger partial charge in [-0.05, 0) is 42.3 Å². The number of anilines is 1. The lowest BCUT2D eigenvalue weighted by Gasteiger charge is -2.12. The van der Waals surface area contributed by atoms with Crippen molar-refractivity contribution in [3.8, 4) is 0 Å². The Morgan fingerprint density at radius 2 is 1.90 bits per heavy atom. The van der Waals surface area contributed by atoms with Crippen LogP contribution in [0.15, 0.2) is 55.1 Å². The van der Waals surface area contributed by atoms with E-state index < -0.39 is 0 Å². The smallest absolute Gasteiger partial charge is 0.261 e. The van der Waals surface area contributed by atoms with E-state index in [0.29, 0.717) is 29.9 Å². The molecular formula is C22H21N5O3. The van der Waals surface area contributed by atoms with Crippen LogP contribution in [0.1, 0.15) is 56.4 Å². The van der Waals surface area contributed by atoms with E-state index in [1.54, 1.807) is 29.2 Å². The van der Waals surface area contributed by atoms with Crippen molar-refractivity contribution < 1.29 is 14.4 Å². The van der Waals surface area contributed by atoms with Crippen LogP contribution in [0.5, 0.6) is 0 Å². The van der Waals surface area contributed by atoms with Crippen LogP contribution in [-0.2, 0) is 6.54 Å². The Labute approximate surface area is 173 Å². The molecule has 0 aliphatic carbocycles. The first-order valence-corrected chi connectivity index (χ1v) is 9.79. The standard InChI is InChI=1S/C22H21N5O3/c1-2-3-9-27-21(29)18-8-7-16(11-19(18)22(27)30)20(28)25-17-6-4-5-15(10-17)12-26-14-23-13-24-26/h4-8,10-11,13-14H,2-3,9,12H2,1H3,(H,25,28). The van der Waals surface area contributed by atoms with Gasteiger partial charge in [-0.2, -0.15) is 5.10 Å². The number of unbranched alkanes of at least 4 members (excludes halogenated alkanes) is 1. The largest absolute Gasteiger partial charge is 0.322 e. The van der Waals surface area contributed by atoms with Gasteiger partial charge in [-0.25, -0.2) is 9.67 Å². The molecule has 8 nitrogen and oxygen atoms in total. The van der Waals surface area contributed by atoms with E-state index >= 15 is 0 Å². The topological polar surface area (TPSA) is 97.2 Å². The molecule has 0 saturated heterocycles. The molecule has 1 aliphatic rings. The maximum Gasteiger partial charge on any atom is 0.261 e. The van der Waals surface area contributed by atoms with Gasteiger partial charge in [0.2, 0.25) is 0 Å². The summed E-state index contributed by atoms with van der Waals surface area (Å²) in [6.07, 6.45) is 4.73. The lowest BCUT2D eigenvalue weighted by Crippen LogP contribution is -2.30. The summed E-state index contributed by atoms with van der Waals surface area (Å²) in [5, 5.41) is 6.92. The molecule has 0 saturated carbocycles. The van der Waals surface area contributed by atoms with Crippen molar-refractivity contribution in [1.82, 2.24) is 19.7 Å². The van der Waals surface area contributed by atoms with Crippen LogP contribution in [0.2, 0.25) is 0 Å². The molecule has 3 aromatic rings. The van der Waals surface area contributed by atoms with Gasteiger partial charge in [0, 0.05) is 17.8 Å². The van der Waals surface area contributed by atoms with Crippen molar-refractivity contribution in [3.63, 3.8) is 0 Å². The minimum atomic E-state index is -0.344. The maximum atomic E-state index is 12.7. The molecule has 0 unspecified atom stereocenters. The Balaban J connectivity index is 1.50. The minimum absolute atomic E-state index is 0.281. The van der Waals surface area contributed by atoms with E-state index in [2.05, 4.69) is 15.4 Å². The van der Waals surface area contributed by atoms with Gasteiger partial charge in [0.1, 0.15) is 12.7 Å². The predicted molar refractivity (Wildman–Crippen MR) is 110 cm³/mol. The molecule has 1 aromatic heterocycles. The molecule has 8 heteroatoms. The van der Waals surface area contributed by atoms with Crippen molar-refractivity contribution in [2.24, 2.45) is 0 Å². The van der Waals surface area contributed by atoms with Gasteiger partial charge >= 0.3 is 0 Å². The van der Waals surface area contributed by atoms with Crippen LogP contribution in [0.3, 0.4) is 0 Å². The predicted octanol–water partition coefficient (Wildman–Crippen LogP) is 2.97. The zero-order valence-electron chi connectivity index (χ0n) is 16.5. The summed E-state index contributed by atoms with van der Waals surface area (Å²) in [6, 6.07) is 12.0. The first-order valence-electron chi connectivity index (χ1n) is 9.79. The summed E-state index contributed by atoms with van der Waals surface area (Å²) in [4.78, 5) is 43.0. The summed E-state index contributed by atoms with van der Waals surface area (Å²) in [7, 11) is 0. The van der Waals surface area contributed by atoms with Gasteiger partial charge in [-0.3, -0.25) is 19.3 Å². The summed E-state index contributed by atoms with van der Waals surface area (Å²) < 4.78 is 1.69. The molecule has 0 fully saturated rings. The summed E-state index contributed by atoms with van der Waals surface area (Å²) in [5.74, 6) is -0.980. The number of nitrogens with one attached hydrogen (secondary N) is 1. The molecular weight excluding hydrogens is 382 g/mol. The van der Waals surface area contributed by atoms with Crippen molar-refractivity contribution >= 4 is 23.4 Å². The Bertz CT molecular complexity index is 1110. The molecule has 4 rings (SSSR count). The van der Waals surface area contributed by atoms with E-state index in [-0.39, 0.29) is 23.3 Å². The number of aromatic nitrogens is 3. The Morgan fingerprint density at radius 1 is 1.07 bits per heavy atom. The highest BCUT2D eigenvalue weighted by Crippen LogP contribution is 2.25. The number of nitrogens with zero attached hydrogens (tertiary/aromatic N) is 4. The van der Waals surface area contributed by atoms with Crippen molar-refractivity contribution in [1.29, 1.82) is 0 Å². The molecule has 2 aromatic carbocycles. The number of benzene rings is 2. The molecule has 152 valence electrons. The second-order valence-corrected chi connectivity index (χ2v) is 7.12. The number of hydrogen-bond acceptors (Lipinski definition) is 5. The monoisotopic (exact) mass is 403 g/mol. The molecule has 0 radical (unpaired) electrons. The average molecular weight is 403 g/mol. The number of rotatable bonds is 7. The van der Waals surface area contributed by atoms with E-state index in [1.807, 2.05) is 25.1 Å². The Hall–Kier alpha value is -3.81. The van der Waals surface area contributed by atoms with Crippen LogP contribution in [-0.4, -0.2) is 43.9 Å². The van der Waals surface area contributed by atoms with E-state index in [9.17, 15) is 14.4 Å². The lowest BCUT2D eigenvalue weighted by molar-refractivity contribution is 0.0652. The third-order valence-corrected chi connectivity index (χ3v) is 4.96. The van der Waals surface area contributed by atoms with Crippen molar-refractivity contribution in [3.05, 3.63) is 77.4 Å². The fourth-order valence-electron chi connectivity index (χ4n) is 3.40. The Kier molecular flexibility index (Phi) is 5.38. The molecule has 0 atom stereocenters. The van der Waals surface area contributed by atoms with Crippen molar-refractivity contribution in [2.75, 3.05) is 11.9 Å². The number of amides is 3. The third kappa shape index (κ3) is 3.84. The highest BCUT2D eigenvalue weighted by Gasteiger charge is 2.35. The van der Waals surface area contributed by atoms with E-state index in [0.717, 1.165) is 18.4 Å². The fourth-order valence-corrected chi connectivity index (χ4v) is 3.40. The second kappa shape index (κ2) is 8.28. The van der Waals surface area contributed by atoms with Crippen molar-refractivity contribution in [2.45, 2.75) is 26.3 Å². The zero-order chi connectivity index (χ0) is 21.1. The van der Waals surface area contributed by atoms with Crippen LogP contribution in [0.4, 0.5) is 5.69 Å². The van der Waals surface area contributed by atoms with Crippen LogP contribution in [0, 0.1) is 0 Å². The second-order valence-electron chi connectivity index (χ2n) is 7.12. The fraction of sp³-hybridized carbons (Fsp3) is 0.227. The number of hydrogen-bond donors (Lipinski definition) is 1. The zero-order valence-corrected chi connectivity index (χ0v) is 16.5. The molecule has 0 bridgehead atoms. The normalized spacial score (nSPS) is 12.9. The van der Waals surface area contributed by atoms with Gasteiger partial charge in [-0.1, -0.05) is 25.5 Å². The maximum absolute atomic E-state index is 12.7. The quantitative estimate of drug-likeness (QED) is 0.612. The summed E-state index contributed by atoms with van der Waals surface area (Å²) >= 11 is 0. The SMILES string of the molecule is CCCCN1C(=O)c2ccc(C(=O)Nc3cccc(Cn4cncn4)c3)cc2C1=O. The third-order valence-electron chi connectivity index (χ3n) is 4.96. The van der Waals surface area contributed by atoms with Crippen LogP contribution >= 0.6 is 0 Å². The summed E-state index contributed by atoms with van der Waals surface area (Å²) in [5.41, 5.74) is 2.55. The van der Waals surface area contributed by atoms with Gasteiger partial charge < -0.3 is 5.32 Å². The first kappa shape index (κ1) is 19.5. The van der Waals surface area contributed by atoms with E-state index in [1.165, 1.54) is 17.3 Å². The highest BCUT2D eigenvalue weighted by atomic mass is 16.2. The average Bonchev–Trinajstić information content (AvgIpc) is 3.34. The van der Waals surface area contributed by atoms with E-state index in [4.69, 9.17) is 0 Å². The lowest BCUT2D eigenvalue weighted by atomic mass is 10.1. The molecule has 1 N–H and O–H groups in total.